The van der Waals surface area contributed by atoms with Gasteiger partial charge in [-0.3, -0.25) is 9.59 Å². The van der Waals surface area contributed by atoms with Gasteiger partial charge in [-0.05, 0) is 42.8 Å². The number of nitrogens with zero attached hydrogens (tertiary/aromatic N) is 2. The van der Waals surface area contributed by atoms with E-state index in [0.29, 0.717) is 31.7 Å². The monoisotopic (exact) mass is 431 g/mol. The molecule has 1 aromatic rings. The molecule has 138 valence electrons. The second-order valence-corrected chi connectivity index (χ2v) is 8.96. The van der Waals surface area contributed by atoms with E-state index in [0.717, 1.165) is 3.79 Å². The summed E-state index contributed by atoms with van der Waals surface area (Å²) in [5, 5.41) is 4.35. The highest BCUT2D eigenvalue weighted by molar-refractivity contribution is 9.11. The van der Waals surface area contributed by atoms with Gasteiger partial charge in [-0.15, -0.1) is 11.3 Å². The Balaban J connectivity index is 1.75. The molecule has 1 fully saturated rings. The average molecular weight is 432 g/mol. The largest absolute Gasteiger partial charge is 0.444 e. The number of piperazine rings is 1. The number of ether oxygens (including phenoxy) is 1. The molecule has 3 amide bonds. The first-order valence-electron chi connectivity index (χ1n) is 7.93. The molecule has 0 spiro atoms. The number of carbonyl (C=O) groups excluding carboxylic acids is 3. The van der Waals surface area contributed by atoms with Crippen molar-refractivity contribution >= 4 is 45.2 Å². The van der Waals surface area contributed by atoms with Crippen LogP contribution in [0.5, 0.6) is 0 Å². The minimum atomic E-state index is -0.537. The molecule has 2 heterocycles. The number of nitrogens with one attached hydrogen (secondary N) is 1. The van der Waals surface area contributed by atoms with E-state index in [4.69, 9.17) is 4.74 Å². The highest BCUT2D eigenvalue weighted by atomic mass is 79.9. The zero-order chi connectivity index (χ0) is 18.6. The second-order valence-electron chi connectivity index (χ2n) is 6.67. The average Bonchev–Trinajstić information content (AvgIpc) is 2.97. The summed E-state index contributed by atoms with van der Waals surface area (Å²) in [6.45, 7) is 7.10. The maximum Gasteiger partial charge on any atom is 0.410 e. The first-order valence-corrected chi connectivity index (χ1v) is 9.61. The number of rotatable bonds is 3. The molecular formula is C16H22BrN3O4S. The van der Waals surface area contributed by atoms with E-state index in [9.17, 15) is 14.4 Å². The summed E-state index contributed by atoms with van der Waals surface area (Å²) < 4.78 is 6.19. The summed E-state index contributed by atoms with van der Waals surface area (Å²) in [6.07, 6.45) is -0.365. The van der Waals surface area contributed by atoms with E-state index in [-0.39, 0.29) is 24.5 Å². The van der Waals surface area contributed by atoms with Gasteiger partial charge in [0.05, 0.1) is 15.9 Å². The van der Waals surface area contributed by atoms with E-state index >= 15 is 0 Å². The fourth-order valence-corrected chi connectivity index (χ4v) is 3.40. The van der Waals surface area contributed by atoms with Gasteiger partial charge in [0.25, 0.3) is 5.91 Å². The summed E-state index contributed by atoms with van der Waals surface area (Å²) in [5.41, 5.74) is -0.00950. The Bertz CT molecular complexity index is 648. The zero-order valence-electron chi connectivity index (χ0n) is 14.5. The lowest BCUT2D eigenvalue weighted by Gasteiger charge is -2.35. The molecule has 0 radical (unpaired) electrons. The van der Waals surface area contributed by atoms with Gasteiger partial charge in [-0.2, -0.15) is 0 Å². The predicted molar refractivity (Wildman–Crippen MR) is 98.7 cm³/mol. The Kier molecular flexibility index (Phi) is 6.45. The van der Waals surface area contributed by atoms with Crippen LogP contribution < -0.4 is 5.32 Å². The van der Waals surface area contributed by atoms with Crippen LogP contribution in [0, 0.1) is 0 Å². The highest BCUT2D eigenvalue weighted by Gasteiger charge is 2.27. The lowest BCUT2D eigenvalue weighted by Crippen LogP contribution is -2.53. The number of thiophene rings is 1. The lowest BCUT2D eigenvalue weighted by molar-refractivity contribution is -0.131. The van der Waals surface area contributed by atoms with E-state index in [1.54, 1.807) is 21.2 Å². The number of hydrogen-bond donors (Lipinski definition) is 1. The van der Waals surface area contributed by atoms with Crippen LogP contribution in [0.3, 0.4) is 0 Å². The molecular weight excluding hydrogens is 410 g/mol. The summed E-state index contributed by atoms with van der Waals surface area (Å²) in [4.78, 5) is 39.4. The van der Waals surface area contributed by atoms with Gasteiger partial charge in [-0.25, -0.2) is 4.79 Å². The third-order valence-corrected chi connectivity index (χ3v) is 5.02. The third kappa shape index (κ3) is 6.00. The molecule has 0 aliphatic carbocycles. The first kappa shape index (κ1) is 19.7. The van der Waals surface area contributed by atoms with Crippen LogP contribution in [0.15, 0.2) is 15.2 Å². The van der Waals surface area contributed by atoms with E-state index in [2.05, 4.69) is 21.2 Å². The Hall–Kier alpha value is -1.61. The maximum absolute atomic E-state index is 12.2. The first-order chi connectivity index (χ1) is 11.7. The fourth-order valence-electron chi connectivity index (χ4n) is 2.26. The van der Waals surface area contributed by atoms with E-state index < -0.39 is 5.60 Å². The molecule has 1 saturated heterocycles. The molecule has 7 nitrogen and oxygen atoms in total. The molecule has 0 bridgehead atoms. The SMILES string of the molecule is CC(C)(C)OC(=O)N1CCN(C(=O)CNC(=O)c2csc(Br)c2)CC1. The number of carbonyl (C=O) groups is 3. The van der Waals surface area contributed by atoms with Gasteiger partial charge in [0, 0.05) is 31.6 Å². The van der Waals surface area contributed by atoms with Crippen molar-refractivity contribution in [2.24, 2.45) is 0 Å². The van der Waals surface area contributed by atoms with Crippen LogP contribution in [0.1, 0.15) is 31.1 Å². The molecule has 1 aliphatic rings. The van der Waals surface area contributed by atoms with Crippen molar-refractivity contribution in [2.45, 2.75) is 26.4 Å². The molecule has 2 rings (SSSR count). The van der Waals surface area contributed by atoms with Crippen molar-refractivity contribution in [3.63, 3.8) is 0 Å². The molecule has 0 aromatic carbocycles. The van der Waals surface area contributed by atoms with Gasteiger partial charge in [0.15, 0.2) is 0 Å². The van der Waals surface area contributed by atoms with Gasteiger partial charge < -0.3 is 19.9 Å². The number of hydrogen-bond acceptors (Lipinski definition) is 5. The summed E-state index contributed by atoms with van der Waals surface area (Å²) >= 11 is 4.71. The molecule has 1 N–H and O–H groups in total. The van der Waals surface area contributed by atoms with Crippen molar-refractivity contribution in [3.05, 3.63) is 20.8 Å². The Morgan fingerprint density at radius 1 is 1.20 bits per heavy atom. The summed E-state index contributed by atoms with van der Waals surface area (Å²) in [7, 11) is 0. The standard InChI is InChI=1S/C16H22BrN3O4S/c1-16(2,3)24-15(23)20-6-4-19(5-7-20)13(21)9-18-14(22)11-8-12(17)25-10-11/h8,10H,4-7,9H2,1-3H3,(H,18,22). The van der Waals surface area contributed by atoms with Gasteiger partial charge >= 0.3 is 6.09 Å². The third-order valence-electron chi connectivity index (χ3n) is 3.51. The normalized spacial score (nSPS) is 15.0. The van der Waals surface area contributed by atoms with Crippen LogP contribution >= 0.6 is 27.3 Å². The van der Waals surface area contributed by atoms with Gasteiger partial charge in [-0.1, -0.05) is 0 Å². The summed E-state index contributed by atoms with van der Waals surface area (Å²) in [6, 6.07) is 1.71. The van der Waals surface area contributed by atoms with Crippen molar-refractivity contribution in [3.8, 4) is 0 Å². The molecule has 25 heavy (non-hydrogen) atoms. The van der Waals surface area contributed by atoms with Gasteiger partial charge in [0.1, 0.15) is 5.60 Å². The van der Waals surface area contributed by atoms with Crippen molar-refractivity contribution in [1.29, 1.82) is 0 Å². The smallest absolute Gasteiger partial charge is 0.410 e. The molecule has 0 atom stereocenters. The number of halogens is 1. The minimum Gasteiger partial charge on any atom is -0.444 e. The molecule has 1 aliphatic heterocycles. The van der Waals surface area contributed by atoms with E-state index in [1.807, 2.05) is 20.8 Å². The zero-order valence-corrected chi connectivity index (χ0v) is 16.9. The molecule has 1 aromatic heterocycles. The van der Waals surface area contributed by atoms with Crippen LogP contribution in [-0.4, -0.2) is 66.0 Å². The quantitative estimate of drug-likeness (QED) is 0.795. The van der Waals surface area contributed by atoms with Crippen LogP contribution in [0.4, 0.5) is 4.79 Å². The molecule has 0 saturated carbocycles. The van der Waals surface area contributed by atoms with Crippen LogP contribution in [0.2, 0.25) is 0 Å². The van der Waals surface area contributed by atoms with Crippen molar-refractivity contribution < 1.29 is 19.1 Å². The Labute approximate surface area is 159 Å². The second kappa shape index (κ2) is 8.18. The van der Waals surface area contributed by atoms with Crippen LogP contribution in [0.25, 0.3) is 0 Å². The van der Waals surface area contributed by atoms with Crippen molar-refractivity contribution in [2.75, 3.05) is 32.7 Å². The van der Waals surface area contributed by atoms with E-state index in [1.165, 1.54) is 11.3 Å². The lowest BCUT2D eigenvalue weighted by atomic mass is 10.2. The highest BCUT2D eigenvalue weighted by Crippen LogP contribution is 2.20. The summed E-state index contributed by atoms with van der Waals surface area (Å²) in [5.74, 6) is -0.436. The topological polar surface area (TPSA) is 79.0 Å². The minimum absolute atomic E-state index is 0.0568. The Morgan fingerprint density at radius 2 is 1.80 bits per heavy atom. The molecule has 0 unspecified atom stereocenters. The molecule has 9 heteroatoms. The van der Waals surface area contributed by atoms with Crippen molar-refractivity contribution in [1.82, 2.24) is 15.1 Å². The predicted octanol–water partition coefficient (Wildman–Crippen LogP) is 2.32. The van der Waals surface area contributed by atoms with Gasteiger partial charge in [0.2, 0.25) is 5.91 Å². The number of amides is 3. The Morgan fingerprint density at radius 3 is 2.32 bits per heavy atom. The fraction of sp³-hybridized carbons (Fsp3) is 0.562. The maximum atomic E-state index is 12.2. The van der Waals surface area contributed by atoms with Crippen LogP contribution in [-0.2, 0) is 9.53 Å².